The van der Waals surface area contributed by atoms with Gasteiger partial charge in [0, 0.05) is 35.4 Å². The van der Waals surface area contributed by atoms with E-state index in [4.69, 9.17) is 0 Å². The van der Waals surface area contributed by atoms with Crippen molar-refractivity contribution >= 4 is 39.7 Å². The van der Waals surface area contributed by atoms with Crippen LogP contribution in [0.2, 0.25) is 0 Å². The Hall–Kier alpha value is -3.99. The van der Waals surface area contributed by atoms with Crippen LogP contribution in [0.3, 0.4) is 0 Å². The smallest absolute Gasteiger partial charge is 0.273 e. The van der Waals surface area contributed by atoms with E-state index in [0.717, 1.165) is 0 Å². The normalized spacial score (nSPS) is 13.6. The molecule has 0 atom stereocenters. The number of hydrogen-bond donors (Lipinski definition) is 1. The molecule has 11 heteroatoms. The molecule has 2 aromatic carbocycles. The van der Waals surface area contributed by atoms with Crippen LogP contribution >= 0.6 is 11.3 Å². The quantitative estimate of drug-likeness (QED) is 0.429. The van der Waals surface area contributed by atoms with Gasteiger partial charge in [-0.25, -0.2) is 14.4 Å². The largest absolute Gasteiger partial charge is 0.297 e. The number of hydrogen-bond acceptors (Lipinski definition) is 7. The number of halogens is 1. The summed E-state index contributed by atoms with van der Waals surface area (Å²) >= 11 is 1.18. The van der Waals surface area contributed by atoms with Gasteiger partial charge in [0.2, 0.25) is 5.91 Å². The number of nitro groups is 1. The number of thiazole rings is 1. The molecule has 33 heavy (non-hydrogen) atoms. The Morgan fingerprint density at radius 2 is 2.00 bits per heavy atom. The lowest BCUT2D eigenvalue weighted by Gasteiger charge is -2.23. The zero-order valence-corrected chi connectivity index (χ0v) is 18.3. The highest BCUT2D eigenvalue weighted by Gasteiger charge is 2.25. The molecule has 168 valence electrons. The van der Waals surface area contributed by atoms with Gasteiger partial charge in [-0.3, -0.25) is 25.0 Å². The van der Waals surface area contributed by atoms with Gasteiger partial charge in [0.15, 0.2) is 5.13 Å². The average molecular weight is 467 g/mol. The number of amides is 2. The molecule has 1 N–H and O–H groups in total. The fourth-order valence-electron chi connectivity index (χ4n) is 3.25. The summed E-state index contributed by atoms with van der Waals surface area (Å²) in [7, 11) is 0. The van der Waals surface area contributed by atoms with E-state index in [-0.39, 0.29) is 42.5 Å². The summed E-state index contributed by atoms with van der Waals surface area (Å²) in [5, 5.41) is 21.2. The molecular weight excluding hydrogens is 449 g/mol. The van der Waals surface area contributed by atoms with E-state index in [9.17, 15) is 24.1 Å². The van der Waals surface area contributed by atoms with Crippen LogP contribution in [0.25, 0.3) is 11.3 Å². The summed E-state index contributed by atoms with van der Waals surface area (Å²) in [5.74, 6) is -1.09. The first-order valence-electron chi connectivity index (χ1n) is 9.95. The van der Waals surface area contributed by atoms with E-state index >= 15 is 0 Å². The minimum atomic E-state index is -0.484. The third-order valence-electron chi connectivity index (χ3n) is 5.04. The Morgan fingerprint density at radius 1 is 1.24 bits per heavy atom. The molecule has 1 aliphatic heterocycles. The second kappa shape index (κ2) is 9.25. The van der Waals surface area contributed by atoms with E-state index in [2.05, 4.69) is 15.4 Å². The summed E-state index contributed by atoms with van der Waals surface area (Å²) in [5.41, 5.74) is 2.47. The SMILES string of the molecule is Cc1ccc(-c2csc(NC(=O)C3=NN(Cc4ccc(F)cc4)C(=O)CC3)n2)cc1[N+](=O)[O-]. The third-order valence-corrected chi connectivity index (χ3v) is 5.80. The van der Waals surface area contributed by atoms with Crippen LogP contribution in [0.4, 0.5) is 15.2 Å². The molecule has 9 nitrogen and oxygen atoms in total. The summed E-state index contributed by atoms with van der Waals surface area (Å²) in [6.07, 6.45) is 0.316. The fraction of sp³-hybridized carbons (Fsp3) is 0.182. The maximum atomic E-state index is 13.1. The van der Waals surface area contributed by atoms with Crippen LogP contribution in [0, 0.1) is 22.9 Å². The maximum absolute atomic E-state index is 13.1. The van der Waals surface area contributed by atoms with Crippen molar-refractivity contribution in [2.75, 3.05) is 5.32 Å². The number of nitrogens with one attached hydrogen (secondary N) is 1. The third kappa shape index (κ3) is 5.09. The number of hydrazone groups is 1. The minimum Gasteiger partial charge on any atom is -0.297 e. The van der Waals surface area contributed by atoms with Crippen LogP contribution in [0.5, 0.6) is 0 Å². The maximum Gasteiger partial charge on any atom is 0.273 e. The zero-order valence-electron chi connectivity index (χ0n) is 17.4. The molecule has 0 radical (unpaired) electrons. The summed E-state index contributed by atoms with van der Waals surface area (Å²) < 4.78 is 13.1. The van der Waals surface area contributed by atoms with Gasteiger partial charge in [0.1, 0.15) is 11.5 Å². The van der Waals surface area contributed by atoms with Crippen LogP contribution in [0.15, 0.2) is 52.9 Å². The molecule has 2 heterocycles. The number of nitrogens with zero attached hydrogens (tertiary/aromatic N) is 4. The molecule has 0 fully saturated rings. The molecule has 1 aromatic heterocycles. The fourth-order valence-corrected chi connectivity index (χ4v) is 3.96. The number of aromatic nitrogens is 1. The van der Waals surface area contributed by atoms with E-state index in [1.807, 2.05) is 0 Å². The number of benzene rings is 2. The van der Waals surface area contributed by atoms with Crippen LogP contribution < -0.4 is 5.32 Å². The number of nitro benzene ring substituents is 1. The van der Waals surface area contributed by atoms with Crippen LogP contribution in [-0.2, 0) is 16.1 Å². The van der Waals surface area contributed by atoms with Gasteiger partial charge in [-0.15, -0.1) is 11.3 Å². The second-order valence-electron chi connectivity index (χ2n) is 7.37. The van der Waals surface area contributed by atoms with Gasteiger partial charge >= 0.3 is 0 Å². The number of rotatable bonds is 6. The highest BCUT2D eigenvalue weighted by molar-refractivity contribution is 7.14. The van der Waals surface area contributed by atoms with Crippen molar-refractivity contribution < 1.29 is 18.9 Å². The Kier molecular flexibility index (Phi) is 6.22. The number of carbonyl (C=O) groups excluding carboxylic acids is 2. The summed E-state index contributed by atoms with van der Waals surface area (Å²) in [6.45, 7) is 1.78. The van der Waals surface area contributed by atoms with Gasteiger partial charge in [0.25, 0.3) is 11.6 Å². The van der Waals surface area contributed by atoms with Gasteiger partial charge in [-0.05, 0) is 24.6 Å². The first kappa shape index (κ1) is 22.2. The predicted octanol–water partition coefficient (Wildman–Crippen LogP) is 4.28. The topological polar surface area (TPSA) is 118 Å². The van der Waals surface area contributed by atoms with E-state index < -0.39 is 10.8 Å². The first-order valence-corrected chi connectivity index (χ1v) is 10.8. The van der Waals surface area contributed by atoms with Gasteiger partial charge in [0.05, 0.1) is 17.2 Å². The number of anilines is 1. The first-order chi connectivity index (χ1) is 15.8. The number of aryl methyl sites for hydroxylation is 1. The van der Waals surface area contributed by atoms with Crippen molar-refractivity contribution in [3.05, 3.63) is 74.9 Å². The molecule has 4 rings (SSSR count). The van der Waals surface area contributed by atoms with Gasteiger partial charge in [-0.2, -0.15) is 5.10 Å². The molecule has 0 saturated heterocycles. The lowest BCUT2D eigenvalue weighted by atomic mass is 10.1. The van der Waals surface area contributed by atoms with E-state index in [1.54, 1.807) is 36.6 Å². The van der Waals surface area contributed by atoms with Crippen molar-refractivity contribution in [3.63, 3.8) is 0 Å². The lowest BCUT2D eigenvalue weighted by Crippen LogP contribution is -2.36. The minimum absolute atomic E-state index is 0.00596. The zero-order chi connectivity index (χ0) is 23.5. The molecule has 0 saturated carbocycles. The van der Waals surface area contributed by atoms with E-state index in [1.165, 1.54) is 34.5 Å². The van der Waals surface area contributed by atoms with Crippen molar-refractivity contribution in [3.8, 4) is 11.3 Å². The van der Waals surface area contributed by atoms with Crippen molar-refractivity contribution in [1.29, 1.82) is 0 Å². The molecule has 0 aliphatic carbocycles. The molecule has 1 aliphatic rings. The highest BCUT2D eigenvalue weighted by Crippen LogP contribution is 2.29. The molecule has 3 aromatic rings. The van der Waals surface area contributed by atoms with E-state index in [0.29, 0.717) is 27.5 Å². The second-order valence-corrected chi connectivity index (χ2v) is 8.23. The molecule has 0 bridgehead atoms. The Labute approximate surface area is 191 Å². The summed E-state index contributed by atoms with van der Waals surface area (Å²) in [4.78, 5) is 40.0. The van der Waals surface area contributed by atoms with Gasteiger partial charge in [-0.1, -0.05) is 24.3 Å². The standard InChI is InChI=1S/C22H18FN5O4S/c1-13-2-5-15(10-19(13)28(31)32)18-12-33-22(24-18)25-21(30)17-8-9-20(29)27(26-17)11-14-3-6-16(23)7-4-14/h2-7,10,12H,8-9,11H2,1H3,(H,24,25,30). The van der Waals surface area contributed by atoms with Crippen molar-refractivity contribution in [2.45, 2.75) is 26.3 Å². The Bertz CT molecular complexity index is 1270. The molecule has 0 unspecified atom stereocenters. The Balaban J connectivity index is 1.47. The highest BCUT2D eigenvalue weighted by atomic mass is 32.1. The van der Waals surface area contributed by atoms with Crippen LogP contribution in [-0.4, -0.2) is 32.4 Å². The molecule has 0 spiro atoms. The monoisotopic (exact) mass is 467 g/mol. The van der Waals surface area contributed by atoms with Gasteiger partial charge < -0.3 is 0 Å². The van der Waals surface area contributed by atoms with Crippen molar-refractivity contribution in [1.82, 2.24) is 9.99 Å². The van der Waals surface area contributed by atoms with Crippen LogP contribution in [0.1, 0.15) is 24.0 Å². The average Bonchev–Trinajstić information content (AvgIpc) is 3.25. The predicted molar refractivity (Wildman–Crippen MR) is 121 cm³/mol. The summed E-state index contributed by atoms with van der Waals surface area (Å²) in [6, 6.07) is 10.5. The Morgan fingerprint density at radius 3 is 2.73 bits per heavy atom. The molecular formula is C22H18FN5O4S. The molecule has 2 amide bonds. The lowest BCUT2D eigenvalue weighted by molar-refractivity contribution is -0.385. The van der Waals surface area contributed by atoms with Crippen molar-refractivity contribution in [2.24, 2.45) is 5.10 Å². The number of carbonyl (C=O) groups is 2.